The van der Waals surface area contributed by atoms with Gasteiger partial charge in [0, 0.05) is 17.4 Å². The van der Waals surface area contributed by atoms with Gasteiger partial charge in [-0.3, -0.25) is 9.59 Å². The lowest BCUT2D eigenvalue weighted by Crippen LogP contribution is -2.37. The van der Waals surface area contributed by atoms with Gasteiger partial charge in [-0.15, -0.1) is 0 Å². The Bertz CT molecular complexity index is 468. The van der Waals surface area contributed by atoms with Crippen molar-refractivity contribution in [1.82, 2.24) is 4.90 Å². The number of amides is 1. The largest absolute Gasteiger partial charge is 0.480 e. The number of nitrogens with zero attached hydrogens (tertiary/aromatic N) is 1. The lowest BCUT2D eigenvalue weighted by Gasteiger charge is -2.20. The van der Waals surface area contributed by atoms with Gasteiger partial charge in [-0.1, -0.05) is 12.1 Å². The van der Waals surface area contributed by atoms with Crippen LogP contribution in [0, 0.1) is 0 Å². The van der Waals surface area contributed by atoms with Crippen LogP contribution in [0.3, 0.4) is 0 Å². The Kier molecular flexibility index (Phi) is 4.47. The van der Waals surface area contributed by atoms with Gasteiger partial charge in [0.1, 0.15) is 6.54 Å². The Balaban J connectivity index is 2.09. The van der Waals surface area contributed by atoms with Crippen molar-refractivity contribution in [3.8, 4) is 0 Å². The molecule has 0 radical (unpaired) electrons. The van der Waals surface area contributed by atoms with E-state index in [1.807, 2.05) is 18.4 Å². The number of carboxylic acids is 1. The molecular weight excluding hydrogens is 262 g/mol. The molecule has 0 atom stereocenters. The first kappa shape index (κ1) is 13.9. The summed E-state index contributed by atoms with van der Waals surface area (Å²) in [7, 11) is 0. The van der Waals surface area contributed by atoms with E-state index in [0.29, 0.717) is 5.56 Å². The van der Waals surface area contributed by atoms with Gasteiger partial charge in [-0.2, -0.15) is 11.8 Å². The third kappa shape index (κ3) is 3.73. The summed E-state index contributed by atoms with van der Waals surface area (Å²) in [4.78, 5) is 24.6. The summed E-state index contributed by atoms with van der Waals surface area (Å²) in [5.41, 5.74) is 1.73. The molecule has 5 heteroatoms. The van der Waals surface area contributed by atoms with Crippen LogP contribution < -0.4 is 0 Å². The third-order valence-corrected chi connectivity index (χ3v) is 3.69. The minimum atomic E-state index is -0.959. The summed E-state index contributed by atoms with van der Waals surface area (Å²) < 4.78 is 0. The zero-order valence-electron chi connectivity index (χ0n) is 10.8. The Labute approximate surface area is 116 Å². The average Bonchev–Trinajstić information content (AvgIpc) is 3.20. The van der Waals surface area contributed by atoms with Crippen molar-refractivity contribution in [2.24, 2.45) is 0 Å². The highest BCUT2D eigenvalue weighted by Gasteiger charge is 2.34. The molecule has 1 aromatic carbocycles. The fraction of sp³-hybridized carbons (Fsp3) is 0.429. The molecule has 19 heavy (non-hydrogen) atoms. The Morgan fingerprint density at radius 1 is 1.32 bits per heavy atom. The highest BCUT2D eigenvalue weighted by molar-refractivity contribution is 7.97. The van der Waals surface area contributed by atoms with Gasteiger partial charge < -0.3 is 10.0 Å². The molecule has 1 fully saturated rings. The number of carboxylic acid groups (broad SMARTS) is 1. The Hall–Kier alpha value is -1.49. The molecule has 1 aromatic rings. The molecule has 0 bridgehead atoms. The molecule has 0 unspecified atom stereocenters. The van der Waals surface area contributed by atoms with Crippen molar-refractivity contribution in [3.63, 3.8) is 0 Å². The minimum Gasteiger partial charge on any atom is -0.480 e. The lowest BCUT2D eigenvalue weighted by molar-refractivity contribution is -0.137. The zero-order valence-corrected chi connectivity index (χ0v) is 11.7. The van der Waals surface area contributed by atoms with Gasteiger partial charge >= 0.3 is 5.97 Å². The molecular formula is C14H17NO3S. The molecule has 2 rings (SSSR count). The third-order valence-electron chi connectivity index (χ3n) is 3.07. The van der Waals surface area contributed by atoms with E-state index >= 15 is 0 Å². The fourth-order valence-electron chi connectivity index (χ4n) is 1.97. The van der Waals surface area contributed by atoms with E-state index in [1.54, 1.807) is 23.9 Å². The van der Waals surface area contributed by atoms with Crippen LogP contribution in [0.1, 0.15) is 28.8 Å². The van der Waals surface area contributed by atoms with E-state index in [1.165, 1.54) is 10.5 Å². The monoisotopic (exact) mass is 279 g/mol. The second-order valence-corrected chi connectivity index (χ2v) is 5.55. The van der Waals surface area contributed by atoms with Crippen molar-refractivity contribution < 1.29 is 14.7 Å². The van der Waals surface area contributed by atoms with E-state index in [4.69, 9.17) is 5.11 Å². The smallest absolute Gasteiger partial charge is 0.323 e. The van der Waals surface area contributed by atoms with Crippen LogP contribution in [-0.2, 0) is 10.5 Å². The predicted molar refractivity (Wildman–Crippen MR) is 75.4 cm³/mol. The van der Waals surface area contributed by atoms with Crippen LogP contribution in [0.2, 0.25) is 0 Å². The van der Waals surface area contributed by atoms with E-state index in [2.05, 4.69) is 0 Å². The highest BCUT2D eigenvalue weighted by atomic mass is 32.2. The van der Waals surface area contributed by atoms with E-state index < -0.39 is 5.97 Å². The molecule has 102 valence electrons. The maximum atomic E-state index is 12.3. The van der Waals surface area contributed by atoms with E-state index in [9.17, 15) is 9.59 Å². The predicted octanol–water partition coefficient (Wildman–Crippen LogP) is 2.24. The topological polar surface area (TPSA) is 57.6 Å². The molecule has 1 aliphatic carbocycles. The lowest BCUT2D eigenvalue weighted by atomic mass is 10.1. The molecule has 0 spiro atoms. The first-order valence-corrected chi connectivity index (χ1v) is 7.62. The molecule has 4 nitrogen and oxygen atoms in total. The van der Waals surface area contributed by atoms with Crippen LogP contribution in [0.25, 0.3) is 0 Å². The number of thioether (sulfide) groups is 1. The van der Waals surface area contributed by atoms with Crippen molar-refractivity contribution in [1.29, 1.82) is 0 Å². The number of aliphatic carboxylic acids is 1. The molecule has 0 saturated heterocycles. The molecule has 1 aliphatic rings. The van der Waals surface area contributed by atoms with Crippen molar-refractivity contribution >= 4 is 23.6 Å². The first-order valence-electron chi connectivity index (χ1n) is 6.22. The van der Waals surface area contributed by atoms with Crippen molar-refractivity contribution in [3.05, 3.63) is 35.4 Å². The van der Waals surface area contributed by atoms with Gasteiger partial charge in [-0.25, -0.2) is 0 Å². The molecule has 1 N–H and O–H groups in total. The Morgan fingerprint density at radius 2 is 1.95 bits per heavy atom. The normalized spacial score (nSPS) is 14.2. The van der Waals surface area contributed by atoms with Crippen molar-refractivity contribution in [2.45, 2.75) is 24.6 Å². The van der Waals surface area contributed by atoms with Crippen LogP contribution in [0.15, 0.2) is 24.3 Å². The number of carbonyl (C=O) groups excluding carboxylic acids is 1. The van der Waals surface area contributed by atoms with Crippen LogP contribution in [-0.4, -0.2) is 40.7 Å². The minimum absolute atomic E-state index is 0.106. The average molecular weight is 279 g/mol. The summed E-state index contributed by atoms with van der Waals surface area (Å²) in [6.45, 7) is -0.212. The van der Waals surface area contributed by atoms with Gasteiger partial charge in [0.25, 0.3) is 5.91 Å². The second kappa shape index (κ2) is 6.10. The molecule has 1 amide bonds. The number of benzene rings is 1. The van der Waals surface area contributed by atoms with E-state index in [-0.39, 0.29) is 18.5 Å². The summed E-state index contributed by atoms with van der Waals surface area (Å²) in [5.74, 6) is -0.226. The maximum absolute atomic E-state index is 12.3. The van der Waals surface area contributed by atoms with Crippen LogP contribution in [0.5, 0.6) is 0 Å². The van der Waals surface area contributed by atoms with Crippen LogP contribution in [0.4, 0.5) is 0 Å². The maximum Gasteiger partial charge on any atom is 0.323 e. The first-order chi connectivity index (χ1) is 9.11. The molecule has 0 aliphatic heterocycles. The number of rotatable bonds is 6. The zero-order chi connectivity index (χ0) is 13.8. The summed E-state index contributed by atoms with van der Waals surface area (Å²) in [6, 6.07) is 7.52. The standard InChI is InChI=1S/C14H17NO3S/c1-19-9-10-2-4-11(5-3-10)14(18)15(8-13(16)17)12-6-7-12/h2-5,12H,6-9H2,1H3,(H,16,17). The van der Waals surface area contributed by atoms with Gasteiger partial charge in [0.05, 0.1) is 0 Å². The summed E-state index contributed by atoms with van der Waals surface area (Å²) >= 11 is 1.73. The quantitative estimate of drug-likeness (QED) is 0.867. The van der Waals surface area contributed by atoms with Gasteiger partial charge in [0.15, 0.2) is 0 Å². The summed E-state index contributed by atoms with van der Waals surface area (Å²) in [6.07, 6.45) is 3.84. The SMILES string of the molecule is CSCc1ccc(C(=O)N(CC(=O)O)C2CC2)cc1. The molecule has 1 saturated carbocycles. The van der Waals surface area contributed by atoms with Crippen molar-refractivity contribution in [2.75, 3.05) is 12.8 Å². The van der Waals surface area contributed by atoms with Gasteiger partial charge in [-0.05, 0) is 36.8 Å². The Morgan fingerprint density at radius 3 is 2.42 bits per heavy atom. The summed E-state index contributed by atoms with van der Waals surface area (Å²) in [5, 5.41) is 8.87. The van der Waals surface area contributed by atoms with Gasteiger partial charge in [0.2, 0.25) is 0 Å². The molecule has 0 aromatic heterocycles. The second-order valence-electron chi connectivity index (χ2n) is 4.69. The fourth-order valence-corrected chi connectivity index (χ4v) is 2.50. The molecule has 0 heterocycles. The van der Waals surface area contributed by atoms with Crippen LogP contribution >= 0.6 is 11.8 Å². The van der Waals surface area contributed by atoms with E-state index in [0.717, 1.165) is 18.6 Å². The number of hydrogen-bond acceptors (Lipinski definition) is 3. The number of carbonyl (C=O) groups is 2. The number of hydrogen-bond donors (Lipinski definition) is 1. The highest BCUT2D eigenvalue weighted by Crippen LogP contribution is 2.28.